The lowest BCUT2D eigenvalue weighted by Crippen LogP contribution is -2.37. The third kappa shape index (κ3) is 4.11. The molecule has 0 unspecified atom stereocenters. The van der Waals surface area contributed by atoms with E-state index in [0.717, 1.165) is 32.1 Å². The Labute approximate surface area is 112 Å². The molecule has 1 rings (SSSR count). The van der Waals surface area contributed by atoms with Crippen LogP contribution in [0.25, 0.3) is 0 Å². The van der Waals surface area contributed by atoms with Crippen LogP contribution in [-0.2, 0) is 12.0 Å². The van der Waals surface area contributed by atoms with Gasteiger partial charge in [-0.1, -0.05) is 64.3 Å². The Morgan fingerprint density at radius 3 is 2.00 bits per heavy atom. The maximum atomic E-state index is 6.67. The van der Waals surface area contributed by atoms with Crippen LogP contribution in [0.5, 0.6) is 0 Å². The summed E-state index contributed by atoms with van der Waals surface area (Å²) in [5.41, 5.74) is 9.38. The highest BCUT2D eigenvalue weighted by molar-refractivity contribution is 5.33. The largest absolute Gasteiger partial charge is 0.412 e. The van der Waals surface area contributed by atoms with Crippen molar-refractivity contribution in [1.82, 2.24) is 0 Å². The molecule has 0 aliphatic rings. The van der Waals surface area contributed by atoms with Gasteiger partial charge in [-0.15, -0.1) is 0 Å². The minimum absolute atomic E-state index is 0. The zero-order valence-corrected chi connectivity index (χ0v) is 12.1. The van der Waals surface area contributed by atoms with Crippen LogP contribution >= 0.6 is 0 Å². The molecule has 0 radical (unpaired) electrons. The predicted octanol–water partition coefficient (Wildman–Crippen LogP) is 3.57. The molecule has 0 amide bonds. The van der Waals surface area contributed by atoms with Gasteiger partial charge in [-0.3, -0.25) is 0 Å². The van der Waals surface area contributed by atoms with E-state index in [1.165, 1.54) is 17.5 Å². The standard InChI is InChI=1S/C16H27N.H2O/c1-4-9-14-10-7-8-11-15(14)16(17,12-5-2)13-6-3;/h7-8,10-11H,4-6,9,12-13,17H2,1-3H3;1H2. The molecule has 18 heavy (non-hydrogen) atoms. The molecule has 4 N–H and O–H groups in total. The maximum absolute atomic E-state index is 6.67. The highest BCUT2D eigenvalue weighted by Gasteiger charge is 2.27. The third-order valence-corrected chi connectivity index (χ3v) is 3.47. The molecule has 0 aliphatic heterocycles. The first kappa shape index (κ1) is 17.1. The van der Waals surface area contributed by atoms with Crippen molar-refractivity contribution < 1.29 is 5.48 Å². The number of rotatable bonds is 7. The van der Waals surface area contributed by atoms with Gasteiger partial charge in [0.1, 0.15) is 0 Å². The summed E-state index contributed by atoms with van der Waals surface area (Å²) in [7, 11) is 0. The number of benzene rings is 1. The fraction of sp³-hybridized carbons (Fsp3) is 0.625. The smallest absolute Gasteiger partial charge is 0.0412 e. The van der Waals surface area contributed by atoms with Crippen molar-refractivity contribution in [2.45, 2.75) is 64.8 Å². The van der Waals surface area contributed by atoms with Gasteiger partial charge in [0.25, 0.3) is 0 Å². The van der Waals surface area contributed by atoms with E-state index in [9.17, 15) is 0 Å². The summed E-state index contributed by atoms with van der Waals surface area (Å²) < 4.78 is 0. The minimum atomic E-state index is -0.116. The van der Waals surface area contributed by atoms with Gasteiger partial charge >= 0.3 is 0 Å². The molecule has 2 nitrogen and oxygen atoms in total. The number of aryl methyl sites for hydroxylation is 1. The Bertz CT molecular complexity index is 330. The van der Waals surface area contributed by atoms with Crippen molar-refractivity contribution in [2.24, 2.45) is 5.73 Å². The first-order valence-electron chi connectivity index (χ1n) is 7.05. The van der Waals surface area contributed by atoms with E-state index in [-0.39, 0.29) is 11.0 Å². The normalized spacial score (nSPS) is 11.1. The molecule has 0 saturated carbocycles. The number of hydrogen-bond donors (Lipinski definition) is 1. The fourth-order valence-electron chi connectivity index (χ4n) is 2.78. The molecule has 1 aromatic rings. The van der Waals surface area contributed by atoms with E-state index >= 15 is 0 Å². The average molecular weight is 251 g/mol. The molecule has 0 heterocycles. The van der Waals surface area contributed by atoms with Gasteiger partial charge in [0, 0.05) is 5.54 Å². The van der Waals surface area contributed by atoms with Gasteiger partial charge in [-0.05, 0) is 30.4 Å². The van der Waals surface area contributed by atoms with E-state index < -0.39 is 0 Å². The minimum Gasteiger partial charge on any atom is -0.412 e. The van der Waals surface area contributed by atoms with Crippen molar-refractivity contribution in [2.75, 3.05) is 0 Å². The van der Waals surface area contributed by atoms with Crippen molar-refractivity contribution in [3.8, 4) is 0 Å². The molecule has 104 valence electrons. The highest BCUT2D eigenvalue weighted by atomic mass is 16.0. The lowest BCUT2D eigenvalue weighted by atomic mass is 9.79. The second-order valence-electron chi connectivity index (χ2n) is 5.06. The first-order valence-corrected chi connectivity index (χ1v) is 7.05. The van der Waals surface area contributed by atoms with Crippen LogP contribution in [0.1, 0.15) is 64.0 Å². The quantitative estimate of drug-likeness (QED) is 0.791. The molecule has 2 heteroatoms. The van der Waals surface area contributed by atoms with Crippen LogP contribution in [0, 0.1) is 0 Å². The van der Waals surface area contributed by atoms with Crippen LogP contribution in [0.2, 0.25) is 0 Å². The van der Waals surface area contributed by atoms with Crippen LogP contribution in [0.15, 0.2) is 24.3 Å². The van der Waals surface area contributed by atoms with Crippen molar-refractivity contribution >= 4 is 0 Å². The average Bonchev–Trinajstić information content (AvgIpc) is 2.31. The Morgan fingerprint density at radius 2 is 1.50 bits per heavy atom. The van der Waals surface area contributed by atoms with Crippen LogP contribution in [0.4, 0.5) is 0 Å². The van der Waals surface area contributed by atoms with Crippen molar-refractivity contribution in [3.05, 3.63) is 35.4 Å². The zero-order valence-electron chi connectivity index (χ0n) is 12.1. The monoisotopic (exact) mass is 251 g/mol. The maximum Gasteiger partial charge on any atom is 0.0412 e. The Morgan fingerprint density at radius 1 is 0.944 bits per heavy atom. The summed E-state index contributed by atoms with van der Waals surface area (Å²) in [4.78, 5) is 0. The van der Waals surface area contributed by atoms with Crippen LogP contribution < -0.4 is 5.73 Å². The zero-order chi connectivity index (χ0) is 12.7. The van der Waals surface area contributed by atoms with Gasteiger partial charge in [0.05, 0.1) is 0 Å². The molecule has 0 bridgehead atoms. The molecular formula is C16H29NO. The van der Waals surface area contributed by atoms with E-state index in [1.54, 1.807) is 0 Å². The SMILES string of the molecule is CCCc1ccccc1C(N)(CCC)CCC.O. The van der Waals surface area contributed by atoms with E-state index in [2.05, 4.69) is 45.0 Å². The van der Waals surface area contributed by atoms with Gasteiger partial charge in [-0.2, -0.15) is 0 Å². The summed E-state index contributed by atoms with van der Waals surface area (Å²) >= 11 is 0. The van der Waals surface area contributed by atoms with Gasteiger partial charge in [0.15, 0.2) is 0 Å². The second-order valence-corrected chi connectivity index (χ2v) is 5.06. The fourth-order valence-corrected chi connectivity index (χ4v) is 2.78. The van der Waals surface area contributed by atoms with E-state index in [1.807, 2.05) is 0 Å². The molecule has 0 aromatic heterocycles. The van der Waals surface area contributed by atoms with E-state index in [4.69, 9.17) is 5.73 Å². The van der Waals surface area contributed by atoms with Crippen molar-refractivity contribution in [3.63, 3.8) is 0 Å². The lowest BCUT2D eigenvalue weighted by Gasteiger charge is -2.31. The first-order chi connectivity index (χ1) is 8.18. The second kappa shape index (κ2) is 8.28. The number of hydrogen-bond acceptors (Lipinski definition) is 1. The summed E-state index contributed by atoms with van der Waals surface area (Å²) in [6.45, 7) is 6.67. The molecule has 0 aliphatic carbocycles. The summed E-state index contributed by atoms with van der Waals surface area (Å²) in [6.07, 6.45) is 6.80. The van der Waals surface area contributed by atoms with Gasteiger partial charge in [0.2, 0.25) is 0 Å². The topological polar surface area (TPSA) is 57.5 Å². The summed E-state index contributed by atoms with van der Waals surface area (Å²) in [5.74, 6) is 0. The molecule has 0 saturated heterocycles. The Kier molecular flexibility index (Phi) is 7.88. The Hall–Kier alpha value is -0.860. The predicted molar refractivity (Wildman–Crippen MR) is 79.7 cm³/mol. The molecule has 0 fully saturated rings. The highest BCUT2D eigenvalue weighted by Crippen LogP contribution is 2.31. The molecule has 0 spiro atoms. The Balaban J connectivity index is 0.00000289. The number of nitrogens with two attached hydrogens (primary N) is 1. The van der Waals surface area contributed by atoms with Gasteiger partial charge < -0.3 is 11.2 Å². The summed E-state index contributed by atoms with van der Waals surface area (Å²) in [5, 5.41) is 0. The molecule has 0 atom stereocenters. The van der Waals surface area contributed by atoms with Gasteiger partial charge in [-0.25, -0.2) is 0 Å². The van der Waals surface area contributed by atoms with E-state index in [0.29, 0.717) is 0 Å². The lowest BCUT2D eigenvalue weighted by molar-refractivity contribution is 0.366. The van der Waals surface area contributed by atoms with Crippen LogP contribution in [0.3, 0.4) is 0 Å². The van der Waals surface area contributed by atoms with Crippen LogP contribution in [-0.4, -0.2) is 5.48 Å². The summed E-state index contributed by atoms with van der Waals surface area (Å²) in [6, 6.07) is 8.73. The molecule has 1 aromatic carbocycles. The third-order valence-electron chi connectivity index (χ3n) is 3.47. The van der Waals surface area contributed by atoms with Crippen molar-refractivity contribution in [1.29, 1.82) is 0 Å². The molecular weight excluding hydrogens is 222 g/mol.